The fourth-order valence-electron chi connectivity index (χ4n) is 3.69. The van der Waals surface area contributed by atoms with Crippen LogP contribution in [0.2, 0.25) is 5.02 Å². The maximum absolute atomic E-state index is 13.8. The van der Waals surface area contributed by atoms with Crippen LogP contribution in [-0.2, 0) is 11.8 Å². The molecular weight excluding hydrogens is 458 g/mol. The molecule has 0 radical (unpaired) electrons. The third kappa shape index (κ3) is 4.16. The van der Waals surface area contributed by atoms with Gasteiger partial charge in [0.25, 0.3) is 5.56 Å². The molecular formula is C24H24ClN5O2S. The van der Waals surface area contributed by atoms with Gasteiger partial charge in [0.05, 0.1) is 21.7 Å². The van der Waals surface area contributed by atoms with Gasteiger partial charge in [-0.2, -0.15) is 0 Å². The number of nitrogens with zero attached hydrogens (tertiary/aromatic N) is 5. The molecule has 0 fully saturated rings. The van der Waals surface area contributed by atoms with Crippen molar-refractivity contribution in [3.8, 4) is 22.8 Å². The van der Waals surface area contributed by atoms with Crippen LogP contribution in [0.3, 0.4) is 0 Å². The number of rotatable bonds is 7. The van der Waals surface area contributed by atoms with Gasteiger partial charge in [-0.3, -0.25) is 18.8 Å². The zero-order valence-electron chi connectivity index (χ0n) is 18.8. The fourth-order valence-corrected chi connectivity index (χ4v) is 4.89. The van der Waals surface area contributed by atoms with Gasteiger partial charge in [0.2, 0.25) is 0 Å². The summed E-state index contributed by atoms with van der Waals surface area (Å²) in [5, 5.41) is 9.39. The second-order valence-electron chi connectivity index (χ2n) is 7.61. The SMILES string of the molecule is CCC(=O)C(C)Sc1nnc(-c2ccccc2Cl)n1-c1c(C)n(C)n(-c2ccccc2)c1=O. The first-order valence-corrected chi connectivity index (χ1v) is 11.8. The molecule has 0 spiro atoms. The molecule has 1 unspecified atom stereocenters. The topological polar surface area (TPSA) is 74.7 Å². The third-order valence-corrected chi connectivity index (χ3v) is 7.00. The normalized spacial score (nSPS) is 12.2. The molecule has 0 saturated heterocycles. The number of carbonyl (C=O) groups excluding carboxylic acids is 1. The Hall–Kier alpha value is -3.10. The largest absolute Gasteiger partial charge is 0.298 e. The quantitative estimate of drug-likeness (QED) is 0.353. The minimum atomic E-state index is -0.336. The summed E-state index contributed by atoms with van der Waals surface area (Å²) in [6.45, 7) is 5.55. The first kappa shape index (κ1) is 23.1. The summed E-state index contributed by atoms with van der Waals surface area (Å²) in [6, 6.07) is 16.7. The van der Waals surface area contributed by atoms with E-state index in [0.29, 0.717) is 33.7 Å². The van der Waals surface area contributed by atoms with E-state index in [-0.39, 0.29) is 16.6 Å². The van der Waals surface area contributed by atoms with E-state index in [9.17, 15) is 9.59 Å². The van der Waals surface area contributed by atoms with Crippen LogP contribution in [-0.4, -0.2) is 35.2 Å². The van der Waals surface area contributed by atoms with Crippen molar-refractivity contribution < 1.29 is 4.79 Å². The molecule has 0 bridgehead atoms. The smallest absolute Gasteiger partial charge is 0.296 e. The maximum Gasteiger partial charge on any atom is 0.296 e. The van der Waals surface area contributed by atoms with Crippen molar-refractivity contribution in [3.05, 3.63) is 75.7 Å². The zero-order chi connectivity index (χ0) is 23.7. The number of hydrogen-bond donors (Lipinski definition) is 0. The Morgan fingerprint density at radius 1 is 1.09 bits per heavy atom. The Bertz CT molecular complexity index is 1370. The Morgan fingerprint density at radius 3 is 2.42 bits per heavy atom. The minimum Gasteiger partial charge on any atom is -0.298 e. The molecule has 4 rings (SSSR count). The molecule has 2 aromatic heterocycles. The summed E-state index contributed by atoms with van der Waals surface area (Å²) in [5.74, 6) is 0.547. The molecule has 0 aliphatic carbocycles. The molecule has 2 aromatic carbocycles. The van der Waals surface area contributed by atoms with Gasteiger partial charge in [0.1, 0.15) is 11.5 Å². The molecule has 0 N–H and O–H groups in total. The zero-order valence-corrected chi connectivity index (χ0v) is 20.4. The lowest BCUT2D eigenvalue weighted by atomic mass is 10.2. The van der Waals surface area contributed by atoms with Crippen molar-refractivity contribution >= 4 is 29.1 Å². The van der Waals surface area contributed by atoms with Crippen LogP contribution >= 0.6 is 23.4 Å². The number of hydrogen-bond acceptors (Lipinski definition) is 5. The van der Waals surface area contributed by atoms with Gasteiger partial charge in [0.15, 0.2) is 11.0 Å². The molecule has 7 nitrogen and oxygen atoms in total. The van der Waals surface area contributed by atoms with E-state index in [1.165, 1.54) is 11.8 Å². The van der Waals surface area contributed by atoms with Crippen LogP contribution in [0.25, 0.3) is 22.8 Å². The number of benzene rings is 2. The summed E-state index contributed by atoms with van der Waals surface area (Å²) in [4.78, 5) is 26.1. The Balaban J connectivity index is 1.99. The van der Waals surface area contributed by atoms with Crippen molar-refractivity contribution in [1.82, 2.24) is 24.1 Å². The van der Waals surface area contributed by atoms with Gasteiger partial charge in [-0.15, -0.1) is 10.2 Å². The molecule has 33 heavy (non-hydrogen) atoms. The average molecular weight is 482 g/mol. The first-order chi connectivity index (χ1) is 15.8. The number of Topliss-reactive ketones (excluding diaryl/α,β-unsaturated/α-hetero) is 1. The van der Waals surface area contributed by atoms with E-state index in [4.69, 9.17) is 11.6 Å². The number of halogens is 1. The minimum absolute atomic E-state index is 0.0975. The highest BCUT2D eigenvalue weighted by atomic mass is 35.5. The standard InChI is InChI=1S/C24H24ClN5O2S/c1-5-20(31)16(3)33-24-27-26-22(18-13-9-10-14-19(18)25)29(24)21-15(2)28(4)30(23(21)32)17-11-7-6-8-12-17/h6-14,16H,5H2,1-4H3. The summed E-state index contributed by atoms with van der Waals surface area (Å²) < 4.78 is 5.14. The van der Waals surface area contributed by atoms with Crippen LogP contribution in [0, 0.1) is 6.92 Å². The summed E-state index contributed by atoms with van der Waals surface area (Å²) in [7, 11) is 1.84. The van der Waals surface area contributed by atoms with E-state index in [1.807, 2.05) is 76.3 Å². The van der Waals surface area contributed by atoms with E-state index in [1.54, 1.807) is 20.0 Å². The number of carbonyl (C=O) groups is 1. The van der Waals surface area contributed by atoms with Crippen molar-refractivity contribution in [1.29, 1.82) is 0 Å². The number of ketones is 1. The van der Waals surface area contributed by atoms with Crippen LogP contribution in [0.5, 0.6) is 0 Å². The maximum atomic E-state index is 13.8. The van der Waals surface area contributed by atoms with Gasteiger partial charge in [0, 0.05) is 19.0 Å². The monoisotopic (exact) mass is 481 g/mol. The van der Waals surface area contributed by atoms with Crippen LogP contribution < -0.4 is 5.56 Å². The number of thioether (sulfide) groups is 1. The summed E-state index contributed by atoms with van der Waals surface area (Å²) in [5.41, 5.74) is 2.33. The van der Waals surface area contributed by atoms with Gasteiger partial charge < -0.3 is 0 Å². The number of aromatic nitrogens is 5. The highest BCUT2D eigenvalue weighted by molar-refractivity contribution is 8.00. The predicted molar refractivity (Wildman–Crippen MR) is 132 cm³/mol. The molecule has 4 aromatic rings. The average Bonchev–Trinajstić information content (AvgIpc) is 3.31. The third-order valence-electron chi connectivity index (χ3n) is 5.58. The summed E-state index contributed by atoms with van der Waals surface area (Å²) >= 11 is 7.77. The first-order valence-electron chi connectivity index (χ1n) is 10.6. The lowest BCUT2D eigenvalue weighted by molar-refractivity contribution is -0.118. The molecule has 0 aliphatic rings. The number of para-hydroxylation sites is 1. The van der Waals surface area contributed by atoms with E-state index in [0.717, 1.165) is 11.4 Å². The second-order valence-corrected chi connectivity index (χ2v) is 9.33. The van der Waals surface area contributed by atoms with Crippen molar-refractivity contribution in [2.75, 3.05) is 0 Å². The van der Waals surface area contributed by atoms with Gasteiger partial charge in [-0.1, -0.05) is 60.6 Å². The van der Waals surface area contributed by atoms with E-state index < -0.39 is 0 Å². The molecule has 0 aliphatic heterocycles. The van der Waals surface area contributed by atoms with E-state index in [2.05, 4.69) is 10.2 Å². The lowest BCUT2D eigenvalue weighted by Gasteiger charge is -2.12. The Morgan fingerprint density at radius 2 is 1.76 bits per heavy atom. The molecule has 9 heteroatoms. The Kier molecular flexibility index (Phi) is 6.58. The Labute approximate surface area is 201 Å². The van der Waals surface area contributed by atoms with Crippen LogP contribution in [0.15, 0.2) is 64.5 Å². The molecule has 1 atom stereocenters. The predicted octanol–water partition coefficient (Wildman–Crippen LogP) is 4.85. The fraction of sp³-hybridized carbons (Fsp3) is 0.250. The second kappa shape index (κ2) is 9.41. The molecule has 170 valence electrons. The lowest BCUT2D eigenvalue weighted by Crippen LogP contribution is -2.22. The van der Waals surface area contributed by atoms with Crippen LogP contribution in [0.4, 0.5) is 0 Å². The highest BCUT2D eigenvalue weighted by Gasteiger charge is 2.27. The highest BCUT2D eigenvalue weighted by Crippen LogP contribution is 2.33. The summed E-state index contributed by atoms with van der Waals surface area (Å²) in [6.07, 6.45) is 0.421. The van der Waals surface area contributed by atoms with Crippen LogP contribution in [0.1, 0.15) is 26.0 Å². The van der Waals surface area contributed by atoms with Crippen molar-refractivity contribution in [3.63, 3.8) is 0 Å². The molecule has 0 saturated carbocycles. The van der Waals surface area contributed by atoms with Gasteiger partial charge >= 0.3 is 0 Å². The molecule has 0 amide bonds. The van der Waals surface area contributed by atoms with Crippen molar-refractivity contribution in [2.24, 2.45) is 7.05 Å². The van der Waals surface area contributed by atoms with Gasteiger partial charge in [-0.25, -0.2) is 4.68 Å². The molecule has 2 heterocycles. The van der Waals surface area contributed by atoms with Gasteiger partial charge in [-0.05, 0) is 38.1 Å². The van der Waals surface area contributed by atoms with Crippen molar-refractivity contribution in [2.45, 2.75) is 37.6 Å². The van der Waals surface area contributed by atoms with E-state index >= 15 is 0 Å².